The van der Waals surface area contributed by atoms with Gasteiger partial charge in [0.05, 0.1) is 0 Å². The highest BCUT2D eigenvalue weighted by molar-refractivity contribution is 5.59. The SMILES string of the molecule is CC(C)(C)c1ccc2c(c1)C(CCC1CCCC1)CN2. The van der Waals surface area contributed by atoms with Crippen molar-refractivity contribution in [1.82, 2.24) is 0 Å². The van der Waals surface area contributed by atoms with Crippen LogP contribution in [0.15, 0.2) is 18.2 Å². The summed E-state index contributed by atoms with van der Waals surface area (Å²) in [5.41, 5.74) is 4.70. The summed E-state index contributed by atoms with van der Waals surface area (Å²) < 4.78 is 0. The molecule has 110 valence electrons. The lowest BCUT2D eigenvalue weighted by molar-refractivity contribution is 0.459. The van der Waals surface area contributed by atoms with Gasteiger partial charge in [0, 0.05) is 18.2 Å². The maximum absolute atomic E-state index is 3.60. The highest BCUT2D eigenvalue weighted by Gasteiger charge is 2.26. The smallest absolute Gasteiger partial charge is 0.0376 e. The molecule has 0 amide bonds. The van der Waals surface area contributed by atoms with Crippen LogP contribution in [0.2, 0.25) is 0 Å². The fraction of sp³-hybridized carbons (Fsp3) is 0.684. The van der Waals surface area contributed by atoms with Gasteiger partial charge in [0.25, 0.3) is 0 Å². The minimum atomic E-state index is 0.258. The molecule has 0 radical (unpaired) electrons. The van der Waals surface area contributed by atoms with Crippen molar-refractivity contribution >= 4 is 5.69 Å². The first-order chi connectivity index (χ1) is 9.54. The van der Waals surface area contributed by atoms with Crippen LogP contribution < -0.4 is 5.32 Å². The molecule has 20 heavy (non-hydrogen) atoms. The summed E-state index contributed by atoms with van der Waals surface area (Å²) >= 11 is 0. The van der Waals surface area contributed by atoms with E-state index in [0.29, 0.717) is 0 Å². The molecular formula is C19H29N. The van der Waals surface area contributed by atoms with Gasteiger partial charge in [0.1, 0.15) is 0 Å². The zero-order chi connectivity index (χ0) is 14.2. The minimum absolute atomic E-state index is 0.258. The molecule has 0 bridgehead atoms. The lowest BCUT2D eigenvalue weighted by Crippen LogP contribution is -2.11. The van der Waals surface area contributed by atoms with E-state index in [1.165, 1.54) is 49.8 Å². The van der Waals surface area contributed by atoms with Gasteiger partial charge in [0.2, 0.25) is 0 Å². The highest BCUT2D eigenvalue weighted by Crippen LogP contribution is 2.39. The van der Waals surface area contributed by atoms with E-state index in [9.17, 15) is 0 Å². The average Bonchev–Trinajstić information content (AvgIpc) is 3.04. The molecule has 1 aliphatic carbocycles. The normalized spacial score (nSPS) is 22.9. The van der Waals surface area contributed by atoms with E-state index in [2.05, 4.69) is 44.3 Å². The quantitative estimate of drug-likeness (QED) is 0.769. The van der Waals surface area contributed by atoms with Crippen molar-refractivity contribution in [3.05, 3.63) is 29.3 Å². The Balaban J connectivity index is 1.71. The van der Waals surface area contributed by atoms with E-state index in [0.717, 1.165) is 18.4 Å². The Labute approximate surface area is 124 Å². The van der Waals surface area contributed by atoms with E-state index in [-0.39, 0.29) is 5.41 Å². The third kappa shape index (κ3) is 2.87. The topological polar surface area (TPSA) is 12.0 Å². The Morgan fingerprint density at radius 3 is 2.55 bits per heavy atom. The van der Waals surface area contributed by atoms with Crippen molar-refractivity contribution in [2.45, 2.75) is 70.6 Å². The number of nitrogens with one attached hydrogen (secondary N) is 1. The summed E-state index contributed by atoms with van der Waals surface area (Å²) in [4.78, 5) is 0. The summed E-state index contributed by atoms with van der Waals surface area (Å²) in [6.07, 6.45) is 8.71. The van der Waals surface area contributed by atoms with Gasteiger partial charge in [-0.15, -0.1) is 0 Å². The molecule has 3 rings (SSSR count). The van der Waals surface area contributed by atoms with Crippen LogP contribution in [-0.4, -0.2) is 6.54 Å². The number of rotatable bonds is 3. The molecule has 0 saturated heterocycles. The van der Waals surface area contributed by atoms with Gasteiger partial charge in [-0.25, -0.2) is 0 Å². The molecule has 1 aliphatic heterocycles. The van der Waals surface area contributed by atoms with Crippen molar-refractivity contribution in [3.63, 3.8) is 0 Å². The second kappa shape index (κ2) is 5.42. The number of benzene rings is 1. The lowest BCUT2D eigenvalue weighted by atomic mass is 9.83. The lowest BCUT2D eigenvalue weighted by Gasteiger charge is -2.21. The highest BCUT2D eigenvalue weighted by atomic mass is 14.9. The first-order valence-corrected chi connectivity index (χ1v) is 8.42. The molecule has 1 nitrogen and oxygen atoms in total. The standard InChI is InChI=1S/C19H29N/c1-19(2,3)16-10-11-18-17(12-16)15(13-20-18)9-8-14-6-4-5-7-14/h10-12,14-15,20H,4-9,13H2,1-3H3. The van der Waals surface area contributed by atoms with Crippen LogP contribution in [-0.2, 0) is 5.41 Å². The number of anilines is 1. The maximum atomic E-state index is 3.60. The monoisotopic (exact) mass is 271 g/mol. The fourth-order valence-electron chi connectivity index (χ4n) is 3.86. The van der Waals surface area contributed by atoms with Gasteiger partial charge in [-0.2, -0.15) is 0 Å². The molecule has 2 aliphatic rings. The summed E-state index contributed by atoms with van der Waals surface area (Å²) in [5, 5.41) is 3.60. The predicted octanol–water partition coefficient (Wildman–Crippen LogP) is 5.46. The van der Waals surface area contributed by atoms with Gasteiger partial charge < -0.3 is 5.32 Å². The predicted molar refractivity (Wildman–Crippen MR) is 87.6 cm³/mol. The van der Waals surface area contributed by atoms with E-state index in [1.54, 1.807) is 5.56 Å². The van der Waals surface area contributed by atoms with Crippen LogP contribution >= 0.6 is 0 Å². The van der Waals surface area contributed by atoms with Gasteiger partial charge in [-0.3, -0.25) is 0 Å². The molecule has 1 fully saturated rings. The summed E-state index contributed by atoms with van der Waals surface area (Å²) in [6, 6.07) is 7.06. The Hall–Kier alpha value is -0.980. The van der Waals surface area contributed by atoms with Crippen LogP contribution in [0.5, 0.6) is 0 Å². The van der Waals surface area contributed by atoms with E-state index < -0.39 is 0 Å². The molecule has 0 aromatic heterocycles. The first-order valence-electron chi connectivity index (χ1n) is 8.42. The zero-order valence-electron chi connectivity index (χ0n) is 13.3. The molecule has 1 N–H and O–H groups in total. The van der Waals surface area contributed by atoms with Crippen molar-refractivity contribution in [2.24, 2.45) is 5.92 Å². The molecule has 1 saturated carbocycles. The van der Waals surface area contributed by atoms with Gasteiger partial charge >= 0.3 is 0 Å². The second-order valence-corrected chi connectivity index (χ2v) is 7.86. The largest absolute Gasteiger partial charge is 0.384 e. The van der Waals surface area contributed by atoms with Gasteiger partial charge in [-0.05, 0) is 41.4 Å². The number of hydrogen-bond donors (Lipinski definition) is 1. The van der Waals surface area contributed by atoms with Crippen LogP contribution in [0.4, 0.5) is 5.69 Å². The molecule has 0 spiro atoms. The average molecular weight is 271 g/mol. The summed E-state index contributed by atoms with van der Waals surface area (Å²) in [6.45, 7) is 8.08. The molecule has 1 heteroatoms. The second-order valence-electron chi connectivity index (χ2n) is 7.86. The van der Waals surface area contributed by atoms with Crippen LogP contribution in [0, 0.1) is 5.92 Å². The fourth-order valence-corrected chi connectivity index (χ4v) is 3.86. The van der Waals surface area contributed by atoms with Crippen molar-refractivity contribution in [3.8, 4) is 0 Å². The molecule has 1 aromatic carbocycles. The third-order valence-electron chi connectivity index (χ3n) is 5.29. The zero-order valence-corrected chi connectivity index (χ0v) is 13.3. The number of hydrogen-bond acceptors (Lipinski definition) is 1. The van der Waals surface area contributed by atoms with E-state index >= 15 is 0 Å². The molecule has 1 heterocycles. The Kier molecular flexibility index (Phi) is 3.79. The van der Waals surface area contributed by atoms with Crippen molar-refractivity contribution in [1.29, 1.82) is 0 Å². The van der Waals surface area contributed by atoms with Gasteiger partial charge in [-0.1, -0.05) is 58.6 Å². The third-order valence-corrected chi connectivity index (χ3v) is 5.29. The summed E-state index contributed by atoms with van der Waals surface area (Å²) in [5.74, 6) is 1.76. The Bertz CT molecular complexity index is 463. The molecular weight excluding hydrogens is 242 g/mol. The van der Waals surface area contributed by atoms with Crippen molar-refractivity contribution in [2.75, 3.05) is 11.9 Å². The molecule has 1 atom stereocenters. The van der Waals surface area contributed by atoms with E-state index in [4.69, 9.17) is 0 Å². The van der Waals surface area contributed by atoms with Crippen LogP contribution in [0.25, 0.3) is 0 Å². The number of fused-ring (bicyclic) bond motifs is 1. The summed E-state index contributed by atoms with van der Waals surface area (Å²) in [7, 11) is 0. The maximum Gasteiger partial charge on any atom is 0.0376 e. The minimum Gasteiger partial charge on any atom is -0.384 e. The first kappa shape index (κ1) is 14.0. The Morgan fingerprint density at radius 1 is 1.10 bits per heavy atom. The van der Waals surface area contributed by atoms with E-state index in [1.807, 2.05) is 0 Å². The molecule has 1 unspecified atom stereocenters. The van der Waals surface area contributed by atoms with Crippen LogP contribution in [0.1, 0.15) is 76.3 Å². The molecule has 1 aromatic rings. The van der Waals surface area contributed by atoms with Crippen LogP contribution in [0.3, 0.4) is 0 Å². The Morgan fingerprint density at radius 2 is 1.85 bits per heavy atom. The van der Waals surface area contributed by atoms with Gasteiger partial charge in [0.15, 0.2) is 0 Å². The van der Waals surface area contributed by atoms with Crippen molar-refractivity contribution < 1.29 is 0 Å².